The van der Waals surface area contributed by atoms with Gasteiger partial charge in [0.2, 0.25) is 0 Å². The van der Waals surface area contributed by atoms with Crippen molar-refractivity contribution in [3.05, 3.63) is 41.2 Å². The molecule has 2 aromatic carbocycles. The second-order valence-corrected chi connectivity index (χ2v) is 5.48. The van der Waals surface area contributed by atoms with E-state index in [0.717, 1.165) is 10.9 Å². The van der Waals surface area contributed by atoms with E-state index < -0.39 is 5.82 Å². The standard InChI is InChI=1S/C18H17FO2/c1-5-15-16(19)7-6-13-10-14(9-12(4)18(13)15)21-17(20)8-11(2)3/h1,6-7,9-11H,8H2,2-4H3. The third-order valence-electron chi connectivity index (χ3n) is 3.19. The van der Waals surface area contributed by atoms with Gasteiger partial charge in [-0.3, -0.25) is 4.79 Å². The van der Waals surface area contributed by atoms with Crippen LogP contribution in [-0.2, 0) is 4.79 Å². The molecular weight excluding hydrogens is 267 g/mol. The molecule has 108 valence electrons. The highest BCUT2D eigenvalue weighted by Crippen LogP contribution is 2.29. The highest BCUT2D eigenvalue weighted by atomic mass is 19.1. The molecule has 0 aliphatic carbocycles. The van der Waals surface area contributed by atoms with Crippen LogP contribution in [-0.4, -0.2) is 5.97 Å². The summed E-state index contributed by atoms with van der Waals surface area (Å²) in [4.78, 5) is 11.7. The fourth-order valence-corrected chi connectivity index (χ4v) is 2.33. The van der Waals surface area contributed by atoms with Crippen LogP contribution in [0.3, 0.4) is 0 Å². The molecule has 0 fully saturated rings. The van der Waals surface area contributed by atoms with E-state index >= 15 is 0 Å². The number of benzene rings is 2. The maximum Gasteiger partial charge on any atom is 0.311 e. The summed E-state index contributed by atoms with van der Waals surface area (Å²) in [5, 5.41) is 1.44. The molecule has 0 aromatic heterocycles. The number of carbonyl (C=O) groups excluding carboxylic acids is 1. The van der Waals surface area contributed by atoms with Crippen molar-refractivity contribution in [3.8, 4) is 18.1 Å². The number of hydrogen-bond donors (Lipinski definition) is 0. The highest BCUT2D eigenvalue weighted by molar-refractivity contribution is 5.92. The smallest absolute Gasteiger partial charge is 0.311 e. The molecule has 0 saturated carbocycles. The third-order valence-corrected chi connectivity index (χ3v) is 3.19. The van der Waals surface area contributed by atoms with Crippen LogP contribution in [0.15, 0.2) is 24.3 Å². The van der Waals surface area contributed by atoms with E-state index in [9.17, 15) is 9.18 Å². The van der Waals surface area contributed by atoms with Crippen molar-refractivity contribution in [3.63, 3.8) is 0 Å². The molecule has 0 amide bonds. The van der Waals surface area contributed by atoms with Gasteiger partial charge in [0.05, 0.1) is 5.56 Å². The average Bonchev–Trinajstić information content (AvgIpc) is 2.38. The molecular formula is C18H17FO2. The Morgan fingerprint density at radius 3 is 2.71 bits per heavy atom. The van der Waals surface area contributed by atoms with Crippen LogP contribution < -0.4 is 4.74 Å². The third kappa shape index (κ3) is 3.22. The lowest BCUT2D eigenvalue weighted by Gasteiger charge is -2.11. The summed E-state index contributed by atoms with van der Waals surface area (Å²) < 4.78 is 19.1. The monoisotopic (exact) mass is 284 g/mol. The molecule has 0 spiro atoms. The number of hydrogen-bond acceptors (Lipinski definition) is 2. The number of ether oxygens (including phenoxy) is 1. The zero-order valence-corrected chi connectivity index (χ0v) is 12.4. The van der Waals surface area contributed by atoms with E-state index in [4.69, 9.17) is 11.2 Å². The Hall–Kier alpha value is -2.34. The van der Waals surface area contributed by atoms with Crippen molar-refractivity contribution in [2.75, 3.05) is 0 Å². The first-order chi connectivity index (χ1) is 9.92. The van der Waals surface area contributed by atoms with Crippen molar-refractivity contribution in [2.24, 2.45) is 5.92 Å². The van der Waals surface area contributed by atoms with Crippen LogP contribution in [0.4, 0.5) is 4.39 Å². The molecule has 2 aromatic rings. The highest BCUT2D eigenvalue weighted by Gasteiger charge is 2.12. The fourth-order valence-electron chi connectivity index (χ4n) is 2.33. The van der Waals surface area contributed by atoms with Crippen LogP contribution in [0.25, 0.3) is 10.8 Å². The molecule has 2 nitrogen and oxygen atoms in total. The normalized spacial score (nSPS) is 10.7. The Morgan fingerprint density at radius 2 is 2.10 bits per heavy atom. The number of fused-ring (bicyclic) bond motifs is 1. The summed E-state index contributed by atoms with van der Waals surface area (Å²) in [6, 6.07) is 6.39. The fraction of sp³-hybridized carbons (Fsp3) is 0.278. The summed E-state index contributed by atoms with van der Waals surface area (Å²) in [5.74, 6) is 2.38. The van der Waals surface area contributed by atoms with E-state index in [1.54, 1.807) is 18.2 Å². The minimum absolute atomic E-state index is 0.237. The lowest BCUT2D eigenvalue weighted by molar-refractivity contribution is -0.135. The predicted molar refractivity (Wildman–Crippen MR) is 81.7 cm³/mol. The van der Waals surface area contributed by atoms with Gasteiger partial charge in [-0.2, -0.15) is 0 Å². The van der Waals surface area contributed by atoms with Crippen LogP contribution in [0.5, 0.6) is 5.75 Å². The largest absolute Gasteiger partial charge is 0.426 e. The molecule has 0 heterocycles. The molecule has 0 N–H and O–H groups in total. The van der Waals surface area contributed by atoms with Gasteiger partial charge < -0.3 is 4.74 Å². The van der Waals surface area contributed by atoms with Gasteiger partial charge in [0, 0.05) is 11.8 Å². The minimum atomic E-state index is -0.419. The van der Waals surface area contributed by atoms with E-state index in [1.165, 1.54) is 6.07 Å². The van der Waals surface area contributed by atoms with E-state index in [2.05, 4.69) is 5.92 Å². The van der Waals surface area contributed by atoms with Gasteiger partial charge in [-0.1, -0.05) is 25.8 Å². The lowest BCUT2D eigenvalue weighted by atomic mass is 9.99. The van der Waals surface area contributed by atoms with E-state index in [-0.39, 0.29) is 17.5 Å². The topological polar surface area (TPSA) is 26.3 Å². The SMILES string of the molecule is C#Cc1c(F)ccc2cc(OC(=O)CC(C)C)cc(C)c12. The molecule has 0 bridgehead atoms. The Balaban J connectivity index is 2.45. The van der Waals surface area contributed by atoms with Gasteiger partial charge >= 0.3 is 5.97 Å². The second kappa shape index (κ2) is 5.97. The van der Waals surface area contributed by atoms with Crippen LogP contribution in [0.2, 0.25) is 0 Å². The molecule has 2 rings (SSSR count). The van der Waals surface area contributed by atoms with Crippen molar-refractivity contribution in [1.82, 2.24) is 0 Å². The Morgan fingerprint density at radius 1 is 1.38 bits per heavy atom. The van der Waals surface area contributed by atoms with E-state index in [0.29, 0.717) is 17.6 Å². The average molecular weight is 284 g/mol. The van der Waals surface area contributed by atoms with Gasteiger partial charge in [-0.05, 0) is 42.0 Å². The maximum absolute atomic E-state index is 13.7. The molecule has 0 aliphatic rings. The first kappa shape index (κ1) is 15.1. The summed E-state index contributed by atoms with van der Waals surface area (Å²) >= 11 is 0. The van der Waals surface area contributed by atoms with Crippen LogP contribution >= 0.6 is 0 Å². The van der Waals surface area contributed by atoms with Crippen molar-refractivity contribution >= 4 is 16.7 Å². The van der Waals surface area contributed by atoms with Crippen molar-refractivity contribution < 1.29 is 13.9 Å². The molecule has 0 unspecified atom stereocenters. The van der Waals surface area contributed by atoms with Gasteiger partial charge in [-0.15, -0.1) is 6.42 Å². The summed E-state index contributed by atoms with van der Waals surface area (Å²) in [7, 11) is 0. The molecule has 0 radical (unpaired) electrons. The Bertz CT molecular complexity index is 739. The predicted octanol–water partition coefficient (Wildman–Crippen LogP) is 4.22. The number of halogens is 1. The van der Waals surface area contributed by atoms with Crippen LogP contribution in [0, 0.1) is 31.0 Å². The van der Waals surface area contributed by atoms with Gasteiger partial charge in [0.15, 0.2) is 0 Å². The maximum atomic E-state index is 13.7. The number of esters is 1. The summed E-state index contributed by atoms with van der Waals surface area (Å²) in [6.07, 6.45) is 5.74. The van der Waals surface area contributed by atoms with Gasteiger partial charge in [0.1, 0.15) is 11.6 Å². The van der Waals surface area contributed by atoms with E-state index in [1.807, 2.05) is 20.8 Å². The number of aryl methyl sites for hydroxylation is 1. The van der Waals surface area contributed by atoms with Crippen molar-refractivity contribution in [2.45, 2.75) is 27.2 Å². The molecule has 3 heteroatoms. The number of carbonyl (C=O) groups is 1. The lowest BCUT2D eigenvalue weighted by Crippen LogP contribution is -2.10. The minimum Gasteiger partial charge on any atom is -0.426 e. The molecule has 21 heavy (non-hydrogen) atoms. The van der Waals surface area contributed by atoms with Crippen LogP contribution in [0.1, 0.15) is 31.4 Å². The van der Waals surface area contributed by atoms with Crippen molar-refractivity contribution in [1.29, 1.82) is 0 Å². The zero-order chi connectivity index (χ0) is 15.6. The summed E-state index contributed by atoms with van der Waals surface area (Å²) in [6.45, 7) is 5.73. The molecule has 0 atom stereocenters. The number of rotatable bonds is 3. The second-order valence-electron chi connectivity index (χ2n) is 5.48. The number of terminal acetylenes is 1. The first-order valence-corrected chi connectivity index (χ1v) is 6.82. The van der Waals surface area contributed by atoms with Gasteiger partial charge in [-0.25, -0.2) is 4.39 Å². The Labute approximate surface area is 123 Å². The van der Waals surface area contributed by atoms with Gasteiger partial charge in [0.25, 0.3) is 0 Å². The quantitative estimate of drug-likeness (QED) is 0.479. The Kier molecular flexibility index (Phi) is 4.28. The zero-order valence-electron chi connectivity index (χ0n) is 12.4. The molecule has 0 aliphatic heterocycles. The first-order valence-electron chi connectivity index (χ1n) is 6.82. The summed E-state index contributed by atoms with van der Waals surface area (Å²) in [5.41, 5.74) is 1.03. The molecule has 0 saturated heterocycles.